The molecule has 0 unspecified atom stereocenters. The SMILES string of the molecule is Cc1ccnc(N2CCN(c3ccc([NH3+])cc3)CC2)c1. The first-order valence-corrected chi connectivity index (χ1v) is 7.07. The van der Waals surface area contributed by atoms with E-state index in [1.807, 2.05) is 12.3 Å². The van der Waals surface area contributed by atoms with Crippen LogP contribution in [0.15, 0.2) is 42.6 Å². The van der Waals surface area contributed by atoms with Gasteiger partial charge in [-0.1, -0.05) is 0 Å². The van der Waals surface area contributed by atoms with Crippen LogP contribution in [0.2, 0.25) is 0 Å². The number of hydrogen-bond acceptors (Lipinski definition) is 3. The third kappa shape index (κ3) is 2.75. The van der Waals surface area contributed by atoms with Crippen LogP contribution in [0.5, 0.6) is 0 Å². The molecular weight excluding hydrogens is 248 g/mol. The molecule has 2 aromatic rings. The summed E-state index contributed by atoms with van der Waals surface area (Å²) in [6.07, 6.45) is 1.89. The zero-order chi connectivity index (χ0) is 13.9. The fourth-order valence-corrected chi connectivity index (χ4v) is 2.59. The zero-order valence-electron chi connectivity index (χ0n) is 11.9. The van der Waals surface area contributed by atoms with Gasteiger partial charge in [-0.25, -0.2) is 4.98 Å². The van der Waals surface area contributed by atoms with Gasteiger partial charge in [-0.05, 0) is 36.8 Å². The number of aryl methyl sites for hydroxylation is 1. The third-order valence-electron chi connectivity index (χ3n) is 3.81. The van der Waals surface area contributed by atoms with Crippen molar-refractivity contribution in [3.8, 4) is 0 Å². The summed E-state index contributed by atoms with van der Waals surface area (Å²) in [6, 6.07) is 12.7. The van der Waals surface area contributed by atoms with Crippen LogP contribution in [0, 0.1) is 6.92 Å². The normalized spacial score (nSPS) is 15.5. The highest BCUT2D eigenvalue weighted by molar-refractivity contribution is 5.52. The fraction of sp³-hybridized carbons (Fsp3) is 0.312. The predicted octanol–water partition coefficient (Wildman–Crippen LogP) is 1.59. The smallest absolute Gasteiger partial charge is 0.128 e. The second-order valence-electron chi connectivity index (χ2n) is 5.33. The number of hydrogen-bond donors (Lipinski definition) is 1. The average Bonchev–Trinajstić information content (AvgIpc) is 2.48. The Morgan fingerprint density at radius 1 is 0.950 bits per heavy atom. The van der Waals surface area contributed by atoms with Crippen molar-refractivity contribution < 1.29 is 5.73 Å². The molecule has 1 aromatic carbocycles. The van der Waals surface area contributed by atoms with Gasteiger partial charge in [0.15, 0.2) is 0 Å². The Labute approximate surface area is 119 Å². The Kier molecular flexibility index (Phi) is 3.56. The van der Waals surface area contributed by atoms with Gasteiger partial charge in [0.2, 0.25) is 0 Å². The van der Waals surface area contributed by atoms with Crippen LogP contribution < -0.4 is 15.5 Å². The standard InChI is InChI=1S/C16H20N4/c1-13-6-7-18-16(12-13)20-10-8-19(9-11-20)15-4-2-14(17)3-5-15/h2-7,12H,8-11,17H2,1H3/p+1. The molecule has 2 heterocycles. The monoisotopic (exact) mass is 269 g/mol. The molecule has 3 rings (SSSR count). The number of anilines is 2. The van der Waals surface area contributed by atoms with Gasteiger partial charge >= 0.3 is 0 Å². The van der Waals surface area contributed by atoms with E-state index in [0.29, 0.717) is 0 Å². The molecule has 0 radical (unpaired) electrons. The van der Waals surface area contributed by atoms with Crippen LogP contribution in [-0.4, -0.2) is 31.2 Å². The first-order valence-electron chi connectivity index (χ1n) is 7.07. The van der Waals surface area contributed by atoms with Gasteiger partial charge < -0.3 is 15.5 Å². The first-order chi connectivity index (χ1) is 9.72. The molecule has 0 spiro atoms. The van der Waals surface area contributed by atoms with Crippen molar-refractivity contribution in [2.75, 3.05) is 36.0 Å². The van der Waals surface area contributed by atoms with Crippen LogP contribution in [0.1, 0.15) is 5.56 Å². The van der Waals surface area contributed by atoms with E-state index in [-0.39, 0.29) is 0 Å². The maximum atomic E-state index is 4.47. The summed E-state index contributed by atoms with van der Waals surface area (Å²) in [5, 5.41) is 0. The summed E-state index contributed by atoms with van der Waals surface area (Å²) in [7, 11) is 0. The Morgan fingerprint density at radius 2 is 1.60 bits per heavy atom. The Bertz CT molecular complexity index is 571. The van der Waals surface area contributed by atoms with E-state index in [9.17, 15) is 0 Å². The number of quaternary nitrogens is 1. The highest BCUT2D eigenvalue weighted by Gasteiger charge is 2.18. The van der Waals surface area contributed by atoms with Crippen LogP contribution in [0.3, 0.4) is 0 Å². The molecule has 1 saturated heterocycles. The molecule has 3 N–H and O–H groups in total. The van der Waals surface area contributed by atoms with E-state index in [1.165, 1.54) is 11.3 Å². The molecule has 0 amide bonds. The maximum Gasteiger partial charge on any atom is 0.128 e. The lowest BCUT2D eigenvalue weighted by Crippen LogP contribution is -2.47. The Morgan fingerprint density at radius 3 is 2.25 bits per heavy atom. The highest BCUT2D eigenvalue weighted by atomic mass is 15.3. The van der Waals surface area contributed by atoms with Crippen molar-refractivity contribution >= 4 is 17.2 Å². The second kappa shape index (κ2) is 5.51. The topological polar surface area (TPSA) is 47.0 Å². The lowest BCUT2D eigenvalue weighted by atomic mass is 10.2. The molecule has 1 aliphatic heterocycles. The van der Waals surface area contributed by atoms with Crippen molar-refractivity contribution in [1.82, 2.24) is 4.98 Å². The zero-order valence-corrected chi connectivity index (χ0v) is 11.9. The molecule has 4 nitrogen and oxygen atoms in total. The van der Waals surface area contributed by atoms with E-state index >= 15 is 0 Å². The number of rotatable bonds is 2. The largest absolute Gasteiger partial charge is 0.368 e. The first kappa shape index (κ1) is 12.9. The van der Waals surface area contributed by atoms with Crippen LogP contribution in [0.4, 0.5) is 17.2 Å². The lowest BCUT2D eigenvalue weighted by molar-refractivity contribution is -0.254. The van der Waals surface area contributed by atoms with Gasteiger partial charge in [-0.3, -0.25) is 0 Å². The number of pyridine rings is 1. The van der Waals surface area contributed by atoms with Crippen molar-refractivity contribution in [2.24, 2.45) is 0 Å². The molecule has 0 bridgehead atoms. The quantitative estimate of drug-likeness (QED) is 0.900. The van der Waals surface area contributed by atoms with Crippen LogP contribution in [0.25, 0.3) is 0 Å². The van der Waals surface area contributed by atoms with Crippen molar-refractivity contribution in [3.05, 3.63) is 48.2 Å². The lowest BCUT2D eigenvalue weighted by Gasteiger charge is -2.36. The number of nitrogens with zero attached hydrogens (tertiary/aromatic N) is 3. The van der Waals surface area contributed by atoms with Gasteiger partial charge in [-0.15, -0.1) is 0 Å². The van der Waals surface area contributed by atoms with Crippen molar-refractivity contribution in [3.63, 3.8) is 0 Å². The van der Waals surface area contributed by atoms with Gasteiger partial charge in [0.25, 0.3) is 0 Å². The Balaban J connectivity index is 1.66. The minimum Gasteiger partial charge on any atom is -0.368 e. The molecule has 20 heavy (non-hydrogen) atoms. The molecule has 1 fully saturated rings. The summed E-state index contributed by atoms with van der Waals surface area (Å²) < 4.78 is 0. The molecule has 0 aliphatic carbocycles. The van der Waals surface area contributed by atoms with E-state index in [0.717, 1.165) is 37.7 Å². The molecular formula is C16H21N4+. The average molecular weight is 269 g/mol. The minimum atomic E-state index is 1.02. The molecule has 104 valence electrons. The van der Waals surface area contributed by atoms with Crippen molar-refractivity contribution in [2.45, 2.75) is 6.92 Å². The number of piperazine rings is 1. The Hall–Kier alpha value is -2.07. The molecule has 1 aromatic heterocycles. The third-order valence-corrected chi connectivity index (χ3v) is 3.81. The summed E-state index contributed by atoms with van der Waals surface area (Å²) in [5.41, 5.74) is 7.55. The maximum absolute atomic E-state index is 4.47. The summed E-state index contributed by atoms with van der Waals surface area (Å²) in [5.74, 6) is 1.10. The summed E-state index contributed by atoms with van der Waals surface area (Å²) in [4.78, 5) is 9.25. The van der Waals surface area contributed by atoms with E-state index < -0.39 is 0 Å². The van der Waals surface area contributed by atoms with E-state index in [2.05, 4.69) is 57.8 Å². The van der Waals surface area contributed by atoms with Crippen LogP contribution >= 0.6 is 0 Å². The fourth-order valence-electron chi connectivity index (χ4n) is 2.59. The number of aromatic nitrogens is 1. The predicted molar refractivity (Wildman–Crippen MR) is 82.4 cm³/mol. The highest BCUT2D eigenvalue weighted by Crippen LogP contribution is 2.20. The minimum absolute atomic E-state index is 1.02. The molecule has 0 atom stereocenters. The summed E-state index contributed by atoms with van der Waals surface area (Å²) in [6.45, 7) is 6.21. The van der Waals surface area contributed by atoms with Crippen LogP contribution in [-0.2, 0) is 0 Å². The van der Waals surface area contributed by atoms with Gasteiger partial charge in [0.05, 0.1) is 0 Å². The van der Waals surface area contributed by atoms with Gasteiger partial charge in [-0.2, -0.15) is 0 Å². The molecule has 4 heteroatoms. The van der Waals surface area contributed by atoms with E-state index in [4.69, 9.17) is 0 Å². The number of benzene rings is 1. The molecule has 0 saturated carbocycles. The van der Waals surface area contributed by atoms with E-state index in [1.54, 1.807) is 0 Å². The molecule has 1 aliphatic rings. The van der Waals surface area contributed by atoms with Crippen molar-refractivity contribution in [1.29, 1.82) is 0 Å². The van der Waals surface area contributed by atoms with Gasteiger partial charge in [0.1, 0.15) is 11.5 Å². The van der Waals surface area contributed by atoms with Gasteiger partial charge in [0, 0.05) is 50.2 Å². The summed E-state index contributed by atoms with van der Waals surface area (Å²) >= 11 is 0. The second-order valence-corrected chi connectivity index (χ2v) is 5.33.